The molecule has 2 aromatic heterocycles. The number of para-hydroxylation sites is 1. The van der Waals surface area contributed by atoms with Crippen molar-refractivity contribution >= 4 is 67.9 Å². The van der Waals surface area contributed by atoms with Gasteiger partial charge < -0.3 is 20.3 Å². The molecule has 4 heterocycles. The number of nitrogens with one attached hydrogen (secondary N) is 3. The van der Waals surface area contributed by atoms with Crippen molar-refractivity contribution < 1.29 is 22.7 Å². The minimum atomic E-state index is -3.57. The van der Waals surface area contributed by atoms with E-state index in [9.17, 15) is 18.0 Å². The molecule has 6 rings (SSSR count). The summed E-state index contributed by atoms with van der Waals surface area (Å²) in [4.78, 5) is 43.7. The molecule has 14 nitrogen and oxygen atoms in total. The average Bonchev–Trinajstić information content (AvgIpc) is 3.11. The van der Waals surface area contributed by atoms with Gasteiger partial charge in [0.15, 0.2) is 15.7 Å². The van der Waals surface area contributed by atoms with Gasteiger partial charge in [0.1, 0.15) is 10.8 Å². The van der Waals surface area contributed by atoms with Crippen LogP contribution < -0.4 is 30.5 Å². The fourth-order valence-electron chi connectivity index (χ4n) is 6.16. The highest BCUT2D eigenvalue weighted by Gasteiger charge is 2.26. The highest BCUT2D eigenvalue weighted by atomic mass is 35.5. The first-order chi connectivity index (χ1) is 25.3. The lowest BCUT2D eigenvalue weighted by molar-refractivity contribution is -0.120. The molecule has 3 N–H and O–H groups in total. The first kappa shape index (κ1) is 37.8. The van der Waals surface area contributed by atoms with Gasteiger partial charge >= 0.3 is 6.03 Å². The molecule has 280 valence electrons. The topological polar surface area (TPSA) is 162 Å². The van der Waals surface area contributed by atoms with Crippen LogP contribution in [-0.2, 0) is 21.2 Å². The highest BCUT2D eigenvalue weighted by Crippen LogP contribution is 2.37. The minimum Gasteiger partial charge on any atom is -0.489 e. The molecule has 53 heavy (non-hydrogen) atoms. The van der Waals surface area contributed by atoms with Crippen LogP contribution in [0, 0.1) is 6.92 Å². The van der Waals surface area contributed by atoms with Crippen LogP contribution in [0.4, 0.5) is 39.3 Å². The van der Waals surface area contributed by atoms with Crippen molar-refractivity contribution in [3.05, 3.63) is 77.2 Å². The van der Waals surface area contributed by atoms with Crippen LogP contribution >= 0.6 is 11.6 Å². The van der Waals surface area contributed by atoms with Crippen LogP contribution in [0.15, 0.2) is 65.8 Å². The first-order valence-electron chi connectivity index (χ1n) is 17.5. The smallest absolute Gasteiger partial charge is 0.328 e. The Balaban J connectivity index is 1.14. The summed E-state index contributed by atoms with van der Waals surface area (Å²) in [6, 6.07) is 14.1. The second-order valence-electron chi connectivity index (χ2n) is 13.6. The number of aromatic nitrogens is 3. The molecule has 16 heteroatoms. The van der Waals surface area contributed by atoms with Gasteiger partial charge in [-0.25, -0.2) is 18.2 Å². The van der Waals surface area contributed by atoms with E-state index in [-0.39, 0.29) is 40.1 Å². The Morgan fingerprint density at radius 3 is 2.36 bits per heavy atom. The summed E-state index contributed by atoms with van der Waals surface area (Å²) in [7, 11) is -3.57. The Kier molecular flexibility index (Phi) is 11.4. The van der Waals surface area contributed by atoms with Crippen molar-refractivity contribution in [1.29, 1.82) is 0 Å². The van der Waals surface area contributed by atoms with Crippen LogP contribution in [0.25, 0.3) is 0 Å². The Hall–Kier alpha value is -4.99. The van der Waals surface area contributed by atoms with Gasteiger partial charge in [-0.1, -0.05) is 23.7 Å². The highest BCUT2D eigenvalue weighted by molar-refractivity contribution is 7.92. The van der Waals surface area contributed by atoms with Crippen LogP contribution in [0.1, 0.15) is 45.4 Å². The molecule has 0 unspecified atom stereocenters. The number of sulfone groups is 1. The third-order valence-electron chi connectivity index (χ3n) is 8.99. The van der Waals surface area contributed by atoms with Gasteiger partial charge in [0, 0.05) is 57.4 Å². The van der Waals surface area contributed by atoms with E-state index in [0.717, 1.165) is 43.1 Å². The number of nitrogens with zero attached hydrogens (tertiary/aromatic N) is 6. The predicted molar refractivity (Wildman–Crippen MR) is 207 cm³/mol. The Morgan fingerprint density at radius 1 is 0.925 bits per heavy atom. The zero-order chi connectivity index (χ0) is 37.9. The molecule has 0 radical (unpaired) electrons. The van der Waals surface area contributed by atoms with Gasteiger partial charge in [0.05, 0.1) is 51.4 Å². The average molecular weight is 762 g/mol. The number of hydrogen-bond donors (Lipinski definition) is 3. The zero-order valence-corrected chi connectivity index (χ0v) is 32.0. The lowest BCUT2D eigenvalue weighted by Crippen LogP contribution is -2.49. The molecule has 2 aliphatic heterocycles. The maximum absolute atomic E-state index is 13.0. The number of anilines is 6. The van der Waals surface area contributed by atoms with Gasteiger partial charge in [0.2, 0.25) is 11.9 Å². The maximum atomic E-state index is 13.0. The van der Waals surface area contributed by atoms with E-state index in [2.05, 4.69) is 47.6 Å². The number of carbonyl (C=O) groups is 2. The van der Waals surface area contributed by atoms with Gasteiger partial charge in [-0.3, -0.25) is 24.9 Å². The monoisotopic (exact) mass is 761 g/mol. The number of piperazine rings is 1. The van der Waals surface area contributed by atoms with E-state index in [1.54, 1.807) is 44.3 Å². The number of aryl methyl sites for hydroxylation is 1. The Morgan fingerprint density at radius 2 is 1.68 bits per heavy atom. The molecule has 0 aliphatic carbocycles. The number of hydrogen-bond acceptors (Lipinski definition) is 12. The van der Waals surface area contributed by atoms with E-state index in [4.69, 9.17) is 16.3 Å². The number of imide groups is 1. The largest absolute Gasteiger partial charge is 0.489 e. The quantitative estimate of drug-likeness (QED) is 0.153. The minimum absolute atomic E-state index is 0.101. The van der Waals surface area contributed by atoms with Crippen LogP contribution in [0.2, 0.25) is 5.02 Å². The van der Waals surface area contributed by atoms with Crippen molar-refractivity contribution in [2.45, 2.75) is 63.8 Å². The standard InChI is InChI=1S/C37H44ClN9O5S/c1-23(2)52-32-19-31(46-16-14-45(15-17-46)22-26-10-11-27(20-39-26)47-13-12-34(48)43-37(47)49)25(5)18-30(32)42-36-40-21-28(38)35(44-36)41-29-8-6-7-9-33(29)53(50,51)24(3)4/h6-11,18-21,23-24H,12-17,22H2,1-5H3,(H,43,48,49)(H2,40,41,42,44). The Bertz CT molecular complexity index is 2090. The van der Waals surface area contributed by atoms with Crippen molar-refractivity contribution in [1.82, 2.24) is 25.2 Å². The normalized spacial score (nSPS) is 15.5. The lowest BCUT2D eigenvalue weighted by Gasteiger charge is -2.37. The summed E-state index contributed by atoms with van der Waals surface area (Å²) in [5.74, 6) is 0.887. The molecule has 4 aromatic rings. The fourth-order valence-corrected chi connectivity index (χ4v) is 7.50. The van der Waals surface area contributed by atoms with E-state index < -0.39 is 21.1 Å². The predicted octanol–water partition coefficient (Wildman–Crippen LogP) is 6.06. The van der Waals surface area contributed by atoms with Crippen molar-refractivity contribution in [2.75, 3.05) is 53.2 Å². The van der Waals surface area contributed by atoms with E-state index in [0.29, 0.717) is 35.9 Å². The van der Waals surface area contributed by atoms with E-state index >= 15 is 0 Å². The fraction of sp³-hybridized carbons (Fsp3) is 0.378. The van der Waals surface area contributed by atoms with Crippen LogP contribution in [0.3, 0.4) is 0 Å². The first-order valence-corrected chi connectivity index (χ1v) is 19.5. The number of carbonyl (C=O) groups excluding carboxylic acids is 2. The van der Waals surface area contributed by atoms with Crippen LogP contribution in [-0.4, -0.2) is 84.3 Å². The number of urea groups is 1. The molecule has 2 saturated heterocycles. The second-order valence-corrected chi connectivity index (χ2v) is 16.4. The molecule has 2 aliphatic rings. The number of rotatable bonds is 12. The zero-order valence-electron chi connectivity index (χ0n) is 30.4. The van der Waals surface area contributed by atoms with Gasteiger partial charge in [-0.2, -0.15) is 4.98 Å². The summed E-state index contributed by atoms with van der Waals surface area (Å²) >= 11 is 6.48. The molecule has 2 fully saturated rings. The van der Waals surface area contributed by atoms with E-state index in [1.807, 2.05) is 38.1 Å². The Labute approximate surface area is 314 Å². The van der Waals surface area contributed by atoms with E-state index in [1.165, 1.54) is 11.1 Å². The van der Waals surface area contributed by atoms with Crippen molar-refractivity contribution in [2.24, 2.45) is 0 Å². The molecule has 0 atom stereocenters. The van der Waals surface area contributed by atoms with Crippen molar-refractivity contribution in [3.8, 4) is 5.75 Å². The van der Waals surface area contributed by atoms with Gasteiger partial charge in [-0.05, 0) is 70.5 Å². The molecule has 2 aromatic carbocycles. The van der Waals surface area contributed by atoms with Gasteiger partial charge in [0.25, 0.3) is 0 Å². The molecular weight excluding hydrogens is 718 g/mol. The summed E-state index contributed by atoms with van der Waals surface area (Å²) in [6.07, 6.45) is 3.31. The molecular formula is C37H44ClN9O5S. The molecule has 0 bridgehead atoms. The van der Waals surface area contributed by atoms with Gasteiger partial charge in [-0.15, -0.1) is 0 Å². The molecule has 3 amide bonds. The number of ether oxygens (including phenoxy) is 1. The second kappa shape index (κ2) is 15.9. The summed E-state index contributed by atoms with van der Waals surface area (Å²) in [5.41, 5.74) is 4.72. The summed E-state index contributed by atoms with van der Waals surface area (Å²) < 4.78 is 32.4. The number of amides is 3. The molecule has 0 spiro atoms. The number of pyridine rings is 1. The number of halogens is 1. The van der Waals surface area contributed by atoms with Crippen molar-refractivity contribution in [3.63, 3.8) is 0 Å². The summed E-state index contributed by atoms with van der Waals surface area (Å²) in [6.45, 7) is 13.6. The lowest BCUT2D eigenvalue weighted by atomic mass is 10.1. The third kappa shape index (κ3) is 8.80. The van der Waals surface area contributed by atoms with Crippen LogP contribution in [0.5, 0.6) is 5.75 Å². The maximum Gasteiger partial charge on any atom is 0.328 e. The summed E-state index contributed by atoms with van der Waals surface area (Å²) in [5, 5.41) is 8.36. The number of benzene rings is 2. The molecule has 0 saturated carbocycles. The SMILES string of the molecule is Cc1cc(Nc2ncc(Cl)c(Nc3ccccc3S(=O)(=O)C(C)C)n2)c(OC(C)C)cc1N1CCN(Cc2ccc(N3CCC(=O)NC3=O)cn2)CC1. The third-order valence-corrected chi connectivity index (χ3v) is 11.5.